The van der Waals surface area contributed by atoms with E-state index in [2.05, 4.69) is 20.8 Å². The third kappa shape index (κ3) is 3.63. The minimum Gasteiger partial charge on any atom is -0.383 e. The normalized spacial score (nSPS) is 10.9. The second kappa shape index (κ2) is 6.81. The molecule has 2 aromatic rings. The first-order valence-electron chi connectivity index (χ1n) is 5.64. The van der Waals surface area contributed by atoms with Crippen LogP contribution in [0, 0.1) is 0 Å². The maximum Gasteiger partial charge on any atom is 0.170 e. The van der Waals surface area contributed by atoms with E-state index in [1.165, 1.54) is 0 Å². The number of rotatable bonds is 6. The van der Waals surface area contributed by atoms with E-state index in [0.717, 1.165) is 12.2 Å². The number of halogens is 2. The molecule has 0 amide bonds. The highest BCUT2D eigenvalue weighted by molar-refractivity contribution is 6.42. The van der Waals surface area contributed by atoms with Gasteiger partial charge in [0.25, 0.3) is 0 Å². The molecule has 1 aromatic carbocycles. The minimum absolute atomic E-state index is 0.466. The van der Waals surface area contributed by atoms with Gasteiger partial charge in [-0.15, -0.1) is 5.10 Å². The lowest BCUT2D eigenvalue weighted by molar-refractivity contribution is 0.199. The first-order valence-corrected chi connectivity index (χ1v) is 6.40. The second-order valence-corrected chi connectivity index (χ2v) is 4.59. The molecule has 0 atom stereocenters. The molecule has 102 valence electrons. The molecule has 0 saturated heterocycles. The number of nitrogens with zero attached hydrogens (tertiary/aromatic N) is 4. The maximum atomic E-state index is 5.98. The predicted molar refractivity (Wildman–Crippen MR) is 72.8 cm³/mol. The molecule has 8 heteroatoms. The molecule has 0 bridgehead atoms. The van der Waals surface area contributed by atoms with E-state index in [0.29, 0.717) is 29.0 Å². The van der Waals surface area contributed by atoms with Crippen LogP contribution in [-0.4, -0.2) is 40.5 Å². The summed E-state index contributed by atoms with van der Waals surface area (Å²) in [6.45, 7) is 1.90. The Kier molecular flexibility index (Phi) is 5.09. The Bertz CT molecular complexity index is 546. The Morgan fingerprint density at radius 2 is 2.16 bits per heavy atom. The maximum absolute atomic E-state index is 5.98. The highest BCUT2D eigenvalue weighted by Gasteiger charge is 2.09. The monoisotopic (exact) mass is 301 g/mol. The van der Waals surface area contributed by atoms with Crippen LogP contribution >= 0.6 is 23.2 Å². The van der Waals surface area contributed by atoms with Gasteiger partial charge in [-0.2, -0.15) is 4.68 Å². The summed E-state index contributed by atoms with van der Waals surface area (Å²) in [5, 5.41) is 15.7. The number of methoxy groups -OCH3 is 1. The van der Waals surface area contributed by atoms with Crippen LogP contribution in [0.2, 0.25) is 10.0 Å². The van der Waals surface area contributed by atoms with E-state index >= 15 is 0 Å². The van der Waals surface area contributed by atoms with Crippen molar-refractivity contribution in [1.82, 2.24) is 25.5 Å². The number of ether oxygens (including phenoxy) is 1. The highest BCUT2D eigenvalue weighted by atomic mass is 35.5. The van der Waals surface area contributed by atoms with Crippen molar-refractivity contribution < 1.29 is 4.74 Å². The van der Waals surface area contributed by atoms with Gasteiger partial charge >= 0.3 is 0 Å². The molecule has 2 rings (SSSR count). The number of hydrogen-bond acceptors (Lipinski definition) is 5. The lowest BCUT2D eigenvalue weighted by Crippen LogP contribution is -2.21. The average Bonchev–Trinajstić information content (AvgIpc) is 2.86. The van der Waals surface area contributed by atoms with Crippen LogP contribution in [0.5, 0.6) is 0 Å². The van der Waals surface area contributed by atoms with Crippen molar-refractivity contribution in [1.29, 1.82) is 0 Å². The number of benzene rings is 1. The first-order chi connectivity index (χ1) is 9.22. The van der Waals surface area contributed by atoms with Crippen LogP contribution in [0.15, 0.2) is 18.2 Å². The van der Waals surface area contributed by atoms with Gasteiger partial charge in [-0.3, -0.25) is 0 Å². The topological polar surface area (TPSA) is 64.9 Å². The molecule has 0 fully saturated rings. The summed E-state index contributed by atoms with van der Waals surface area (Å²) in [7, 11) is 1.65. The Labute approximate surface area is 120 Å². The van der Waals surface area contributed by atoms with Crippen LogP contribution < -0.4 is 5.32 Å². The summed E-state index contributed by atoms with van der Waals surface area (Å²) in [6.07, 6.45) is 0. The molecule has 6 nitrogen and oxygen atoms in total. The van der Waals surface area contributed by atoms with E-state index in [1.54, 1.807) is 23.9 Å². The van der Waals surface area contributed by atoms with Gasteiger partial charge in [0.05, 0.1) is 28.9 Å². The molecule has 1 N–H and O–H groups in total. The summed E-state index contributed by atoms with van der Waals surface area (Å²) in [6, 6.07) is 5.24. The van der Waals surface area contributed by atoms with Crippen LogP contribution in [-0.2, 0) is 11.3 Å². The fraction of sp³-hybridized carbons (Fsp3) is 0.364. The Hall–Kier alpha value is -1.21. The Balaban J connectivity index is 2.12. The van der Waals surface area contributed by atoms with Gasteiger partial charge in [0.15, 0.2) is 5.82 Å². The molecule has 19 heavy (non-hydrogen) atoms. The lowest BCUT2D eigenvalue weighted by Gasteiger charge is -2.06. The van der Waals surface area contributed by atoms with E-state index < -0.39 is 0 Å². The van der Waals surface area contributed by atoms with Gasteiger partial charge in [0, 0.05) is 13.7 Å². The Morgan fingerprint density at radius 3 is 2.89 bits per heavy atom. The summed E-state index contributed by atoms with van der Waals surface area (Å²) in [5.41, 5.74) is 0.767. The zero-order valence-corrected chi connectivity index (χ0v) is 11.8. The number of aromatic nitrogens is 4. The van der Waals surface area contributed by atoms with Crippen LogP contribution in [0.4, 0.5) is 0 Å². The zero-order valence-electron chi connectivity index (χ0n) is 10.3. The quantitative estimate of drug-likeness (QED) is 0.823. The summed E-state index contributed by atoms with van der Waals surface area (Å²) in [5.74, 6) is 0.689. The number of hydrogen-bond donors (Lipinski definition) is 1. The standard InChI is InChI=1S/C11H13Cl2N5O/c1-19-5-4-14-7-11-15-16-17-18(11)8-2-3-9(12)10(13)6-8/h2-3,6,14H,4-5,7H2,1H3. The van der Waals surface area contributed by atoms with Gasteiger partial charge in [0.1, 0.15) is 0 Å². The number of tetrazole rings is 1. The van der Waals surface area contributed by atoms with E-state index in [9.17, 15) is 0 Å². The molecule has 0 unspecified atom stereocenters. The van der Waals surface area contributed by atoms with Crippen molar-refractivity contribution in [2.45, 2.75) is 6.54 Å². The molecular formula is C11H13Cl2N5O. The van der Waals surface area contributed by atoms with Gasteiger partial charge in [-0.05, 0) is 28.6 Å². The summed E-state index contributed by atoms with van der Waals surface area (Å²) >= 11 is 11.9. The van der Waals surface area contributed by atoms with E-state index in [-0.39, 0.29) is 0 Å². The van der Waals surface area contributed by atoms with Crippen molar-refractivity contribution in [2.24, 2.45) is 0 Å². The van der Waals surface area contributed by atoms with Gasteiger partial charge < -0.3 is 10.1 Å². The van der Waals surface area contributed by atoms with Gasteiger partial charge in [0.2, 0.25) is 0 Å². The second-order valence-electron chi connectivity index (χ2n) is 3.77. The fourth-order valence-corrected chi connectivity index (χ4v) is 1.80. The third-order valence-electron chi connectivity index (χ3n) is 2.45. The lowest BCUT2D eigenvalue weighted by atomic mass is 10.3. The van der Waals surface area contributed by atoms with E-state index in [1.807, 2.05) is 6.07 Å². The predicted octanol–water partition coefficient (Wildman–Crippen LogP) is 1.71. The SMILES string of the molecule is COCCNCc1nnnn1-c1ccc(Cl)c(Cl)c1. The van der Waals surface area contributed by atoms with Crippen molar-refractivity contribution in [3.63, 3.8) is 0 Å². The third-order valence-corrected chi connectivity index (χ3v) is 3.19. The minimum atomic E-state index is 0.466. The van der Waals surface area contributed by atoms with Crippen molar-refractivity contribution >= 4 is 23.2 Å². The van der Waals surface area contributed by atoms with Crippen LogP contribution in [0.1, 0.15) is 5.82 Å². The molecule has 0 spiro atoms. The zero-order chi connectivity index (χ0) is 13.7. The average molecular weight is 302 g/mol. The van der Waals surface area contributed by atoms with Crippen molar-refractivity contribution in [3.05, 3.63) is 34.1 Å². The van der Waals surface area contributed by atoms with Gasteiger partial charge in [-0.25, -0.2) is 0 Å². The summed E-state index contributed by atoms with van der Waals surface area (Å²) in [4.78, 5) is 0. The van der Waals surface area contributed by atoms with Gasteiger partial charge in [-0.1, -0.05) is 23.2 Å². The molecule has 0 saturated carbocycles. The summed E-state index contributed by atoms with van der Waals surface area (Å²) < 4.78 is 6.57. The van der Waals surface area contributed by atoms with Crippen molar-refractivity contribution in [3.8, 4) is 5.69 Å². The smallest absolute Gasteiger partial charge is 0.170 e. The Morgan fingerprint density at radius 1 is 1.32 bits per heavy atom. The molecular weight excluding hydrogens is 289 g/mol. The molecule has 0 aliphatic heterocycles. The highest BCUT2D eigenvalue weighted by Crippen LogP contribution is 2.24. The molecule has 0 aliphatic rings. The molecule has 1 aromatic heterocycles. The van der Waals surface area contributed by atoms with E-state index in [4.69, 9.17) is 27.9 Å². The molecule has 0 radical (unpaired) electrons. The first kappa shape index (κ1) is 14.2. The number of nitrogens with one attached hydrogen (secondary N) is 1. The largest absolute Gasteiger partial charge is 0.383 e. The molecule has 0 aliphatic carbocycles. The van der Waals surface area contributed by atoms with Crippen LogP contribution in [0.25, 0.3) is 5.69 Å². The van der Waals surface area contributed by atoms with Crippen LogP contribution in [0.3, 0.4) is 0 Å². The molecule has 1 heterocycles. The van der Waals surface area contributed by atoms with Crippen molar-refractivity contribution in [2.75, 3.05) is 20.3 Å². The fourth-order valence-electron chi connectivity index (χ4n) is 1.51.